The van der Waals surface area contributed by atoms with Gasteiger partial charge in [-0.15, -0.1) is 0 Å². The van der Waals surface area contributed by atoms with Gasteiger partial charge in [0.2, 0.25) is 12.7 Å². The monoisotopic (exact) mass is 398 g/mol. The number of ether oxygens (including phenoxy) is 2. The molecule has 1 saturated carbocycles. The van der Waals surface area contributed by atoms with E-state index in [-0.39, 0.29) is 0 Å². The number of hydrogen-bond acceptors (Lipinski definition) is 4. The Labute approximate surface area is 174 Å². The molecule has 0 radical (unpaired) electrons. The summed E-state index contributed by atoms with van der Waals surface area (Å²) in [7, 11) is 0. The van der Waals surface area contributed by atoms with Crippen molar-refractivity contribution in [3.05, 3.63) is 23.8 Å². The molecule has 158 valence electrons. The van der Waals surface area contributed by atoms with Gasteiger partial charge in [-0.25, -0.2) is 0 Å². The van der Waals surface area contributed by atoms with E-state index in [0.29, 0.717) is 37.6 Å². The average Bonchev–Trinajstić information content (AvgIpc) is 3.17. The molecular formula is C24H34N2O3. The van der Waals surface area contributed by atoms with E-state index in [4.69, 9.17) is 9.47 Å². The minimum Gasteiger partial charge on any atom is -0.454 e. The third-order valence-electron chi connectivity index (χ3n) is 7.56. The molecule has 29 heavy (non-hydrogen) atoms. The van der Waals surface area contributed by atoms with Crippen LogP contribution in [0.25, 0.3) is 0 Å². The summed E-state index contributed by atoms with van der Waals surface area (Å²) in [5.74, 6) is 2.57. The summed E-state index contributed by atoms with van der Waals surface area (Å²) in [5, 5.41) is 0. The van der Waals surface area contributed by atoms with Crippen molar-refractivity contribution >= 4 is 5.91 Å². The lowest BCUT2D eigenvalue weighted by molar-refractivity contribution is -0.142. The second-order valence-corrected chi connectivity index (χ2v) is 9.36. The molecule has 5 rings (SSSR count). The van der Waals surface area contributed by atoms with Gasteiger partial charge >= 0.3 is 0 Å². The zero-order chi connectivity index (χ0) is 19.6. The Kier molecular flexibility index (Phi) is 5.67. The van der Waals surface area contributed by atoms with E-state index in [1.807, 2.05) is 12.1 Å². The van der Waals surface area contributed by atoms with Crippen LogP contribution >= 0.6 is 0 Å². The molecule has 3 fully saturated rings. The second-order valence-electron chi connectivity index (χ2n) is 9.36. The summed E-state index contributed by atoms with van der Waals surface area (Å²) < 4.78 is 11.0. The van der Waals surface area contributed by atoms with Crippen molar-refractivity contribution in [2.75, 3.05) is 19.9 Å². The SMILES string of the molecule is O=C1CC[C@@H]2CN(C3CCCCCCC3)CC[C@@H]2N1Cc1ccc2c(c1)OCO2. The minimum absolute atomic E-state index is 0.295. The summed E-state index contributed by atoms with van der Waals surface area (Å²) in [6.07, 6.45) is 12.7. The number of likely N-dealkylation sites (tertiary alicyclic amines) is 2. The summed E-state index contributed by atoms with van der Waals surface area (Å²) in [6, 6.07) is 7.26. The first-order valence-corrected chi connectivity index (χ1v) is 11.7. The maximum atomic E-state index is 12.8. The molecule has 3 aliphatic heterocycles. The maximum Gasteiger partial charge on any atom is 0.231 e. The van der Waals surface area contributed by atoms with Gasteiger partial charge in [-0.1, -0.05) is 38.2 Å². The molecule has 2 atom stereocenters. The number of nitrogens with zero attached hydrogens (tertiary/aromatic N) is 2. The van der Waals surface area contributed by atoms with E-state index in [1.54, 1.807) is 0 Å². The third kappa shape index (κ3) is 4.11. The Bertz CT molecular complexity index is 729. The summed E-state index contributed by atoms with van der Waals surface area (Å²) in [5.41, 5.74) is 1.14. The van der Waals surface area contributed by atoms with Gasteiger partial charge in [0.25, 0.3) is 0 Å². The van der Waals surface area contributed by atoms with Crippen LogP contribution in [0.3, 0.4) is 0 Å². The van der Waals surface area contributed by atoms with Crippen LogP contribution < -0.4 is 9.47 Å². The van der Waals surface area contributed by atoms with Crippen LogP contribution in [-0.4, -0.2) is 47.7 Å². The number of piperidine rings is 2. The molecule has 4 aliphatic rings. The first kappa shape index (κ1) is 19.2. The lowest BCUT2D eigenvalue weighted by Crippen LogP contribution is -2.57. The molecule has 5 nitrogen and oxygen atoms in total. The Morgan fingerprint density at radius 1 is 0.931 bits per heavy atom. The number of fused-ring (bicyclic) bond motifs is 2. The molecule has 2 saturated heterocycles. The molecule has 1 aliphatic carbocycles. The van der Waals surface area contributed by atoms with Crippen LogP contribution in [0, 0.1) is 5.92 Å². The molecule has 3 heterocycles. The van der Waals surface area contributed by atoms with Gasteiger partial charge in [0.1, 0.15) is 0 Å². The maximum absolute atomic E-state index is 12.8. The number of benzene rings is 1. The Morgan fingerprint density at radius 3 is 2.59 bits per heavy atom. The topological polar surface area (TPSA) is 42.0 Å². The summed E-state index contributed by atoms with van der Waals surface area (Å²) in [4.78, 5) is 17.8. The molecule has 0 bridgehead atoms. The Balaban J connectivity index is 1.25. The molecule has 0 aromatic heterocycles. The quantitative estimate of drug-likeness (QED) is 0.760. The van der Waals surface area contributed by atoms with Crippen molar-refractivity contribution in [1.29, 1.82) is 0 Å². The van der Waals surface area contributed by atoms with Gasteiger partial charge in [-0.2, -0.15) is 0 Å². The van der Waals surface area contributed by atoms with Crippen LogP contribution in [0.5, 0.6) is 11.5 Å². The van der Waals surface area contributed by atoms with Gasteiger partial charge < -0.3 is 14.4 Å². The number of amides is 1. The van der Waals surface area contributed by atoms with Crippen molar-refractivity contribution < 1.29 is 14.3 Å². The van der Waals surface area contributed by atoms with Gasteiger partial charge in [0, 0.05) is 38.1 Å². The average molecular weight is 399 g/mol. The molecule has 1 aromatic rings. The zero-order valence-corrected chi connectivity index (χ0v) is 17.5. The van der Waals surface area contributed by atoms with Crippen molar-refractivity contribution in [3.63, 3.8) is 0 Å². The first-order chi connectivity index (χ1) is 14.3. The first-order valence-electron chi connectivity index (χ1n) is 11.7. The van der Waals surface area contributed by atoms with Crippen LogP contribution in [0.2, 0.25) is 0 Å². The Hall–Kier alpha value is -1.75. The van der Waals surface area contributed by atoms with E-state index in [2.05, 4.69) is 15.9 Å². The van der Waals surface area contributed by atoms with E-state index in [1.165, 1.54) is 51.5 Å². The number of hydrogen-bond donors (Lipinski definition) is 0. The molecule has 0 N–H and O–H groups in total. The van der Waals surface area contributed by atoms with E-state index in [0.717, 1.165) is 42.5 Å². The van der Waals surface area contributed by atoms with Gasteiger partial charge in [-0.05, 0) is 49.3 Å². The van der Waals surface area contributed by atoms with Crippen LogP contribution in [0.4, 0.5) is 0 Å². The van der Waals surface area contributed by atoms with Crippen LogP contribution in [0.15, 0.2) is 18.2 Å². The molecular weight excluding hydrogens is 364 g/mol. The highest BCUT2D eigenvalue weighted by atomic mass is 16.7. The molecule has 5 heteroatoms. The van der Waals surface area contributed by atoms with E-state index < -0.39 is 0 Å². The Morgan fingerprint density at radius 2 is 1.72 bits per heavy atom. The predicted molar refractivity (Wildman–Crippen MR) is 112 cm³/mol. The fraction of sp³-hybridized carbons (Fsp3) is 0.708. The largest absolute Gasteiger partial charge is 0.454 e. The second kappa shape index (κ2) is 8.55. The van der Waals surface area contributed by atoms with Crippen molar-refractivity contribution in [3.8, 4) is 11.5 Å². The summed E-state index contributed by atoms with van der Waals surface area (Å²) >= 11 is 0. The third-order valence-corrected chi connectivity index (χ3v) is 7.56. The molecule has 1 aromatic carbocycles. The smallest absolute Gasteiger partial charge is 0.231 e. The van der Waals surface area contributed by atoms with Gasteiger partial charge in [-0.3, -0.25) is 9.69 Å². The lowest BCUT2D eigenvalue weighted by Gasteiger charge is -2.49. The standard InChI is InChI=1S/C24H34N2O3/c27-24-11-9-19-16-25(20-6-4-2-1-3-5-7-20)13-12-21(19)26(24)15-18-8-10-22-23(14-18)29-17-28-22/h8,10,14,19-21H,1-7,9,11-13,15-17H2/t19-,21+/m1/s1. The number of carbonyl (C=O) groups excluding carboxylic acids is 1. The summed E-state index contributed by atoms with van der Waals surface area (Å²) in [6.45, 7) is 3.32. The van der Waals surface area contributed by atoms with Crippen molar-refractivity contribution in [2.45, 2.75) is 82.8 Å². The lowest BCUT2D eigenvalue weighted by atomic mass is 9.82. The van der Waals surface area contributed by atoms with Gasteiger partial charge in [0.15, 0.2) is 11.5 Å². The molecule has 1 amide bonds. The molecule has 0 unspecified atom stereocenters. The van der Waals surface area contributed by atoms with E-state index >= 15 is 0 Å². The molecule has 0 spiro atoms. The predicted octanol–water partition coefficient (Wildman–Crippen LogP) is 4.34. The van der Waals surface area contributed by atoms with Crippen molar-refractivity contribution in [1.82, 2.24) is 9.80 Å². The zero-order valence-electron chi connectivity index (χ0n) is 17.5. The van der Waals surface area contributed by atoms with Gasteiger partial charge in [0.05, 0.1) is 0 Å². The highest BCUT2D eigenvalue weighted by molar-refractivity contribution is 5.77. The fourth-order valence-electron chi connectivity index (χ4n) is 5.95. The van der Waals surface area contributed by atoms with Crippen molar-refractivity contribution in [2.24, 2.45) is 5.92 Å². The number of rotatable bonds is 3. The normalized spacial score (nSPS) is 28.7. The fourth-order valence-corrected chi connectivity index (χ4v) is 5.95. The highest BCUT2D eigenvalue weighted by Crippen LogP contribution is 2.37. The number of carbonyl (C=O) groups is 1. The van der Waals surface area contributed by atoms with Crippen LogP contribution in [0.1, 0.15) is 69.8 Å². The minimum atomic E-state index is 0.295. The van der Waals surface area contributed by atoms with Crippen LogP contribution in [-0.2, 0) is 11.3 Å². The van der Waals surface area contributed by atoms with E-state index in [9.17, 15) is 4.79 Å². The highest BCUT2D eigenvalue weighted by Gasteiger charge is 2.40.